The number of nitrogens with one attached hydrogen (secondary N) is 1. The number of fused-ring (bicyclic) bond motifs is 1. The lowest BCUT2D eigenvalue weighted by molar-refractivity contribution is 0.197. The smallest absolute Gasteiger partial charge is 0.344 e. The number of amides is 1. The number of likely N-dealkylation sites (tertiary alicyclic amines) is 2. The van der Waals surface area contributed by atoms with Crippen LogP contribution in [0.25, 0.3) is 0 Å². The second kappa shape index (κ2) is 9.52. The van der Waals surface area contributed by atoms with Crippen molar-refractivity contribution in [3.63, 3.8) is 0 Å². The van der Waals surface area contributed by atoms with Gasteiger partial charge in [-0.1, -0.05) is 23.7 Å². The molecule has 0 radical (unpaired) electrons. The number of halogens is 1. The zero-order valence-corrected chi connectivity index (χ0v) is 20.7. The van der Waals surface area contributed by atoms with E-state index in [1.807, 2.05) is 24.3 Å². The predicted molar refractivity (Wildman–Crippen MR) is 133 cm³/mol. The molecule has 3 aromatic rings. The SMILES string of the molecule is CS(=O)(=O)Nc1ccn(C(=O)N2CC3CN(Cc4ccc(Oc5ccc(Cl)cc5)cc4)CC3C2)n1. The molecular formula is C24H26ClN5O4S. The van der Waals surface area contributed by atoms with E-state index in [1.54, 1.807) is 17.0 Å². The van der Waals surface area contributed by atoms with Gasteiger partial charge >= 0.3 is 6.03 Å². The van der Waals surface area contributed by atoms with Gasteiger partial charge in [0.2, 0.25) is 10.0 Å². The van der Waals surface area contributed by atoms with E-state index in [0.29, 0.717) is 29.9 Å². The zero-order valence-electron chi connectivity index (χ0n) is 19.2. The van der Waals surface area contributed by atoms with Crippen molar-refractivity contribution in [1.82, 2.24) is 19.6 Å². The third-order valence-corrected chi connectivity index (χ3v) is 7.12. The summed E-state index contributed by atoms with van der Waals surface area (Å²) in [7, 11) is -3.44. The van der Waals surface area contributed by atoms with Gasteiger partial charge in [-0.25, -0.2) is 13.2 Å². The molecule has 3 heterocycles. The fourth-order valence-electron chi connectivity index (χ4n) is 4.76. The molecule has 5 rings (SSSR count). The van der Waals surface area contributed by atoms with Crippen molar-refractivity contribution in [2.45, 2.75) is 6.54 Å². The van der Waals surface area contributed by atoms with Crippen LogP contribution < -0.4 is 9.46 Å². The van der Waals surface area contributed by atoms with E-state index in [-0.39, 0.29) is 11.8 Å². The Morgan fingerprint density at radius 1 is 1.00 bits per heavy atom. The van der Waals surface area contributed by atoms with Gasteiger partial charge in [0.1, 0.15) is 11.5 Å². The van der Waals surface area contributed by atoms with Gasteiger partial charge in [-0.05, 0) is 53.8 Å². The molecule has 184 valence electrons. The number of hydrogen-bond acceptors (Lipinski definition) is 6. The molecular weight excluding hydrogens is 490 g/mol. The van der Waals surface area contributed by atoms with Crippen molar-refractivity contribution in [2.75, 3.05) is 37.2 Å². The van der Waals surface area contributed by atoms with Crippen molar-refractivity contribution in [3.05, 3.63) is 71.4 Å². The summed E-state index contributed by atoms with van der Waals surface area (Å²) in [6, 6.07) is 16.6. The van der Waals surface area contributed by atoms with Gasteiger partial charge < -0.3 is 9.64 Å². The van der Waals surface area contributed by atoms with Crippen LogP contribution in [0.2, 0.25) is 5.02 Å². The highest BCUT2D eigenvalue weighted by atomic mass is 35.5. The van der Waals surface area contributed by atoms with Gasteiger partial charge in [0.05, 0.1) is 6.26 Å². The van der Waals surface area contributed by atoms with Gasteiger partial charge in [0.25, 0.3) is 0 Å². The number of nitrogens with zero attached hydrogens (tertiary/aromatic N) is 4. The predicted octanol–water partition coefficient (Wildman–Crippen LogP) is 3.73. The summed E-state index contributed by atoms with van der Waals surface area (Å²) in [5.74, 6) is 2.48. The molecule has 2 aliphatic heterocycles. The summed E-state index contributed by atoms with van der Waals surface area (Å²) in [6.45, 7) is 4.04. The maximum absolute atomic E-state index is 12.8. The topological polar surface area (TPSA) is 96.8 Å². The molecule has 1 amide bonds. The van der Waals surface area contributed by atoms with E-state index >= 15 is 0 Å². The summed E-state index contributed by atoms with van der Waals surface area (Å²) >= 11 is 5.92. The first-order valence-corrected chi connectivity index (χ1v) is 13.6. The number of carbonyl (C=O) groups excluding carboxylic acids is 1. The number of carbonyl (C=O) groups is 1. The lowest BCUT2D eigenvalue weighted by Gasteiger charge is -2.21. The van der Waals surface area contributed by atoms with Crippen molar-refractivity contribution < 1.29 is 17.9 Å². The van der Waals surface area contributed by atoms with E-state index in [2.05, 4.69) is 26.9 Å². The number of anilines is 1. The summed E-state index contributed by atoms with van der Waals surface area (Å²) in [5.41, 5.74) is 1.21. The monoisotopic (exact) mass is 515 g/mol. The number of ether oxygens (including phenoxy) is 1. The van der Waals surface area contributed by atoms with E-state index < -0.39 is 10.0 Å². The molecule has 2 atom stereocenters. The quantitative estimate of drug-likeness (QED) is 0.537. The van der Waals surface area contributed by atoms with Crippen LogP contribution in [0.5, 0.6) is 11.5 Å². The maximum Gasteiger partial charge on any atom is 0.344 e. The molecule has 11 heteroatoms. The van der Waals surface area contributed by atoms with Crippen LogP contribution >= 0.6 is 11.6 Å². The first-order chi connectivity index (χ1) is 16.7. The summed E-state index contributed by atoms with van der Waals surface area (Å²) in [4.78, 5) is 17.0. The van der Waals surface area contributed by atoms with Crippen molar-refractivity contribution in [3.8, 4) is 11.5 Å². The normalized spacial score (nSPS) is 20.1. The number of aromatic nitrogens is 2. The Kier molecular flexibility index (Phi) is 6.43. The van der Waals surface area contributed by atoms with Gasteiger partial charge in [-0.2, -0.15) is 4.68 Å². The highest BCUT2D eigenvalue weighted by Crippen LogP contribution is 2.32. The molecule has 0 aliphatic carbocycles. The molecule has 9 nitrogen and oxygen atoms in total. The van der Waals surface area contributed by atoms with Crippen molar-refractivity contribution in [1.29, 1.82) is 0 Å². The van der Waals surface area contributed by atoms with E-state index in [0.717, 1.165) is 37.4 Å². The van der Waals surface area contributed by atoms with Crippen LogP contribution in [0.15, 0.2) is 60.8 Å². The Bertz CT molecular complexity index is 1300. The molecule has 1 aromatic heterocycles. The summed E-state index contributed by atoms with van der Waals surface area (Å²) < 4.78 is 32.1. The first-order valence-electron chi connectivity index (χ1n) is 11.3. The molecule has 0 saturated carbocycles. The van der Waals surface area contributed by atoms with E-state index in [9.17, 15) is 13.2 Å². The minimum atomic E-state index is -3.44. The number of sulfonamides is 1. The molecule has 0 bridgehead atoms. The van der Waals surface area contributed by atoms with Gasteiger partial charge in [0, 0.05) is 50.0 Å². The number of benzene rings is 2. The second-order valence-corrected chi connectivity index (χ2v) is 11.3. The van der Waals surface area contributed by atoms with E-state index in [4.69, 9.17) is 16.3 Å². The second-order valence-electron chi connectivity index (χ2n) is 9.12. The van der Waals surface area contributed by atoms with Crippen molar-refractivity contribution in [2.24, 2.45) is 11.8 Å². The average molecular weight is 516 g/mol. The lowest BCUT2D eigenvalue weighted by atomic mass is 10.0. The fraction of sp³-hybridized carbons (Fsp3) is 0.333. The Hall–Kier alpha value is -3.08. The Morgan fingerprint density at radius 2 is 1.60 bits per heavy atom. The average Bonchev–Trinajstić information content (AvgIpc) is 3.50. The van der Waals surface area contributed by atoms with Gasteiger partial charge in [-0.3, -0.25) is 9.62 Å². The largest absolute Gasteiger partial charge is 0.457 e. The highest BCUT2D eigenvalue weighted by Gasteiger charge is 2.41. The first kappa shape index (κ1) is 23.7. The third-order valence-electron chi connectivity index (χ3n) is 6.29. The number of rotatable bonds is 6. The van der Waals surface area contributed by atoms with Crippen LogP contribution in [0.1, 0.15) is 5.56 Å². The molecule has 2 unspecified atom stereocenters. The Labute approximate surface area is 209 Å². The zero-order chi connectivity index (χ0) is 24.6. The van der Waals surface area contributed by atoms with Crippen LogP contribution in [-0.4, -0.2) is 66.5 Å². The van der Waals surface area contributed by atoms with Crippen molar-refractivity contribution >= 4 is 33.5 Å². The van der Waals surface area contributed by atoms with Gasteiger partial charge in [-0.15, -0.1) is 5.10 Å². The molecule has 2 fully saturated rings. The lowest BCUT2D eigenvalue weighted by Crippen LogP contribution is -2.36. The molecule has 2 saturated heterocycles. The molecule has 0 spiro atoms. The number of hydrogen-bond donors (Lipinski definition) is 1. The fourth-order valence-corrected chi connectivity index (χ4v) is 5.37. The van der Waals surface area contributed by atoms with E-state index in [1.165, 1.54) is 22.5 Å². The minimum Gasteiger partial charge on any atom is -0.457 e. The van der Waals surface area contributed by atoms with Crippen LogP contribution in [0, 0.1) is 11.8 Å². The summed E-state index contributed by atoms with van der Waals surface area (Å²) in [6.07, 6.45) is 2.53. The van der Waals surface area contributed by atoms with Crippen LogP contribution in [0.3, 0.4) is 0 Å². The third kappa shape index (κ3) is 5.77. The molecule has 35 heavy (non-hydrogen) atoms. The molecule has 2 aromatic carbocycles. The Morgan fingerprint density at radius 3 is 2.20 bits per heavy atom. The highest BCUT2D eigenvalue weighted by molar-refractivity contribution is 7.92. The minimum absolute atomic E-state index is 0.135. The van der Waals surface area contributed by atoms with Crippen LogP contribution in [0.4, 0.5) is 10.6 Å². The standard InChI is InChI=1S/C24H26ClN5O4S/c1-35(32,33)27-23-10-11-30(26-23)24(31)29-15-18-13-28(14-19(18)16-29)12-17-2-6-21(7-3-17)34-22-8-4-20(25)5-9-22/h2-11,18-19H,12-16H2,1H3,(H,26,27). The van der Waals surface area contributed by atoms with Gasteiger partial charge in [0.15, 0.2) is 5.82 Å². The Balaban J connectivity index is 1.12. The maximum atomic E-state index is 12.8. The molecule has 2 aliphatic rings. The van der Waals surface area contributed by atoms with Crippen LogP contribution in [-0.2, 0) is 16.6 Å². The summed E-state index contributed by atoms with van der Waals surface area (Å²) in [5, 5.41) is 4.72. The molecule has 1 N–H and O–H groups in total.